The molecule has 1 fully saturated rings. The summed E-state index contributed by atoms with van der Waals surface area (Å²) in [5.41, 5.74) is 1.81. The Kier molecular flexibility index (Phi) is 2.02. The van der Waals surface area contributed by atoms with Crippen molar-refractivity contribution >= 4 is 11.5 Å². The van der Waals surface area contributed by atoms with Crippen LogP contribution in [0.5, 0.6) is 0 Å². The number of hydrogen-bond acceptors (Lipinski definition) is 3. The van der Waals surface area contributed by atoms with E-state index in [4.69, 9.17) is 4.74 Å². The SMILES string of the molecule is CC(=O)c1cccc(N2COC2)c1. The molecule has 0 aromatic heterocycles. The molecule has 13 heavy (non-hydrogen) atoms. The van der Waals surface area contributed by atoms with Crippen LogP contribution < -0.4 is 4.90 Å². The Morgan fingerprint density at radius 1 is 1.46 bits per heavy atom. The number of carbonyl (C=O) groups is 1. The van der Waals surface area contributed by atoms with Crippen LogP contribution in [-0.2, 0) is 4.74 Å². The van der Waals surface area contributed by atoms with Gasteiger partial charge in [0.1, 0.15) is 13.5 Å². The van der Waals surface area contributed by atoms with E-state index in [1.54, 1.807) is 6.92 Å². The lowest BCUT2D eigenvalue weighted by Crippen LogP contribution is -2.39. The summed E-state index contributed by atoms with van der Waals surface area (Å²) >= 11 is 0. The Labute approximate surface area is 76.9 Å². The number of anilines is 1. The molecule has 1 aliphatic heterocycles. The quantitative estimate of drug-likeness (QED) is 0.643. The van der Waals surface area contributed by atoms with E-state index in [1.807, 2.05) is 24.3 Å². The van der Waals surface area contributed by atoms with Gasteiger partial charge in [-0.1, -0.05) is 12.1 Å². The van der Waals surface area contributed by atoms with Crippen molar-refractivity contribution < 1.29 is 9.53 Å². The van der Waals surface area contributed by atoms with Gasteiger partial charge in [0.15, 0.2) is 5.78 Å². The monoisotopic (exact) mass is 177 g/mol. The van der Waals surface area contributed by atoms with E-state index in [0.717, 1.165) is 11.3 Å². The molecule has 0 atom stereocenters. The second-order valence-corrected chi connectivity index (χ2v) is 3.11. The molecule has 0 amide bonds. The first-order valence-corrected chi connectivity index (χ1v) is 4.21. The number of rotatable bonds is 2. The molecule has 68 valence electrons. The summed E-state index contributed by atoms with van der Waals surface area (Å²) in [6.45, 7) is 2.83. The minimum Gasteiger partial charge on any atom is -0.341 e. The van der Waals surface area contributed by atoms with Gasteiger partial charge in [0.05, 0.1) is 0 Å². The zero-order valence-corrected chi connectivity index (χ0v) is 7.49. The Bertz CT molecular complexity index is 331. The summed E-state index contributed by atoms with van der Waals surface area (Å²) in [6.07, 6.45) is 0. The van der Waals surface area contributed by atoms with Gasteiger partial charge in [-0.3, -0.25) is 4.79 Å². The molecule has 0 radical (unpaired) electrons. The van der Waals surface area contributed by atoms with Crippen molar-refractivity contribution in [1.29, 1.82) is 0 Å². The fourth-order valence-corrected chi connectivity index (χ4v) is 1.25. The highest BCUT2D eigenvalue weighted by atomic mass is 16.5. The van der Waals surface area contributed by atoms with E-state index < -0.39 is 0 Å². The summed E-state index contributed by atoms with van der Waals surface area (Å²) in [5.74, 6) is 0.100. The zero-order valence-electron chi connectivity index (χ0n) is 7.49. The predicted octanol–water partition coefficient (Wildman–Crippen LogP) is 1.64. The maximum absolute atomic E-state index is 11.1. The molecule has 0 bridgehead atoms. The average Bonchev–Trinajstić information content (AvgIpc) is 2.01. The van der Waals surface area contributed by atoms with Crippen LogP contribution in [0.3, 0.4) is 0 Å². The van der Waals surface area contributed by atoms with Gasteiger partial charge in [0, 0.05) is 11.3 Å². The van der Waals surface area contributed by atoms with Crippen LogP contribution in [0.2, 0.25) is 0 Å². The minimum absolute atomic E-state index is 0.100. The molecule has 2 rings (SSSR count). The Balaban J connectivity index is 2.26. The Morgan fingerprint density at radius 3 is 2.77 bits per heavy atom. The fourth-order valence-electron chi connectivity index (χ4n) is 1.25. The average molecular weight is 177 g/mol. The van der Waals surface area contributed by atoms with Crippen LogP contribution in [-0.4, -0.2) is 19.2 Å². The van der Waals surface area contributed by atoms with Crippen molar-refractivity contribution in [2.75, 3.05) is 18.4 Å². The normalized spacial score (nSPS) is 15.3. The van der Waals surface area contributed by atoms with E-state index in [-0.39, 0.29) is 5.78 Å². The van der Waals surface area contributed by atoms with Gasteiger partial charge in [-0.2, -0.15) is 0 Å². The highest BCUT2D eigenvalue weighted by molar-refractivity contribution is 5.94. The van der Waals surface area contributed by atoms with Crippen LogP contribution in [0.4, 0.5) is 5.69 Å². The van der Waals surface area contributed by atoms with Gasteiger partial charge < -0.3 is 9.64 Å². The molecule has 3 nitrogen and oxygen atoms in total. The zero-order chi connectivity index (χ0) is 9.26. The van der Waals surface area contributed by atoms with Crippen LogP contribution in [0, 0.1) is 0 Å². The summed E-state index contributed by atoms with van der Waals surface area (Å²) in [6, 6.07) is 7.59. The van der Waals surface area contributed by atoms with Gasteiger partial charge in [-0.25, -0.2) is 0 Å². The third-order valence-corrected chi connectivity index (χ3v) is 2.11. The number of Topliss-reactive ketones (excluding diaryl/α,β-unsaturated/α-hetero) is 1. The number of nitrogens with zero attached hydrogens (tertiary/aromatic N) is 1. The largest absolute Gasteiger partial charge is 0.341 e. The highest BCUT2D eigenvalue weighted by Crippen LogP contribution is 2.20. The molecule has 1 aromatic carbocycles. The number of carbonyl (C=O) groups excluding carboxylic acids is 1. The topological polar surface area (TPSA) is 29.5 Å². The number of hydrogen-bond donors (Lipinski definition) is 0. The minimum atomic E-state index is 0.100. The van der Waals surface area contributed by atoms with Crippen LogP contribution >= 0.6 is 0 Å². The maximum Gasteiger partial charge on any atom is 0.159 e. The van der Waals surface area contributed by atoms with Gasteiger partial charge in [0.2, 0.25) is 0 Å². The molecule has 1 heterocycles. The lowest BCUT2D eigenvalue weighted by molar-refractivity contribution is 0.0406. The molecule has 0 saturated carbocycles. The maximum atomic E-state index is 11.1. The highest BCUT2D eigenvalue weighted by Gasteiger charge is 2.15. The Morgan fingerprint density at radius 2 is 2.23 bits per heavy atom. The van der Waals surface area contributed by atoms with Gasteiger partial charge in [-0.15, -0.1) is 0 Å². The van der Waals surface area contributed by atoms with Crippen LogP contribution in [0.15, 0.2) is 24.3 Å². The smallest absolute Gasteiger partial charge is 0.159 e. The van der Waals surface area contributed by atoms with Crippen molar-refractivity contribution in [3.8, 4) is 0 Å². The molecule has 0 unspecified atom stereocenters. The summed E-state index contributed by atoms with van der Waals surface area (Å²) < 4.78 is 5.03. The Hall–Kier alpha value is -1.35. The third kappa shape index (κ3) is 1.55. The number of benzene rings is 1. The van der Waals surface area contributed by atoms with Gasteiger partial charge >= 0.3 is 0 Å². The fraction of sp³-hybridized carbons (Fsp3) is 0.300. The molecule has 0 aliphatic carbocycles. The van der Waals surface area contributed by atoms with E-state index in [2.05, 4.69) is 4.90 Å². The molecule has 3 heteroatoms. The van der Waals surface area contributed by atoms with Crippen LogP contribution in [0.1, 0.15) is 17.3 Å². The van der Waals surface area contributed by atoms with Gasteiger partial charge in [0.25, 0.3) is 0 Å². The van der Waals surface area contributed by atoms with Crippen molar-refractivity contribution in [3.05, 3.63) is 29.8 Å². The standard InChI is InChI=1S/C10H11NO2/c1-8(12)9-3-2-4-10(5-9)11-6-13-7-11/h2-5H,6-7H2,1H3. The number of ketones is 1. The molecule has 1 aliphatic rings. The van der Waals surface area contributed by atoms with E-state index >= 15 is 0 Å². The summed E-state index contributed by atoms with van der Waals surface area (Å²) in [4.78, 5) is 13.1. The summed E-state index contributed by atoms with van der Waals surface area (Å²) in [5, 5.41) is 0. The lowest BCUT2D eigenvalue weighted by atomic mass is 10.1. The van der Waals surface area contributed by atoms with Gasteiger partial charge in [-0.05, 0) is 19.1 Å². The lowest BCUT2D eigenvalue weighted by Gasteiger charge is -2.32. The third-order valence-electron chi connectivity index (χ3n) is 2.11. The van der Waals surface area contributed by atoms with E-state index in [0.29, 0.717) is 13.5 Å². The second-order valence-electron chi connectivity index (χ2n) is 3.11. The molecule has 0 spiro atoms. The van der Waals surface area contributed by atoms with E-state index in [1.165, 1.54) is 0 Å². The van der Waals surface area contributed by atoms with Crippen molar-refractivity contribution in [2.45, 2.75) is 6.92 Å². The molecular weight excluding hydrogens is 166 g/mol. The molecule has 1 aromatic rings. The van der Waals surface area contributed by atoms with Crippen molar-refractivity contribution in [2.24, 2.45) is 0 Å². The van der Waals surface area contributed by atoms with E-state index in [9.17, 15) is 4.79 Å². The first-order chi connectivity index (χ1) is 6.27. The molecule has 0 N–H and O–H groups in total. The van der Waals surface area contributed by atoms with Crippen LogP contribution in [0.25, 0.3) is 0 Å². The number of ether oxygens (including phenoxy) is 1. The molecule has 1 saturated heterocycles. The van der Waals surface area contributed by atoms with Crippen molar-refractivity contribution in [3.63, 3.8) is 0 Å². The molecular formula is C10H11NO2. The first-order valence-electron chi connectivity index (χ1n) is 4.21. The predicted molar refractivity (Wildman–Crippen MR) is 49.7 cm³/mol. The van der Waals surface area contributed by atoms with Crippen molar-refractivity contribution in [1.82, 2.24) is 0 Å². The second kappa shape index (κ2) is 3.18. The summed E-state index contributed by atoms with van der Waals surface area (Å²) in [7, 11) is 0. The first kappa shape index (κ1) is 8.26.